The Morgan fingerprint density at radius 1 is 1.42 bits per heavy atom. The third kappa shape index (κ3) is 3.51. The van der Waals surface area contributed by atoms with Gasteiger partial charge < -0.3 is 15.9 Å². The molecule has 0 aromatic carbocycles. The van der Waals surface area contributed by atoms with Crippen LogP contribution < -0.4 is 5.73 Å². The fourth-order valence-electron chi connectivity index (χ4n) is 3.81. The molecule has 109 valence electrons. The fraction of sp³-hybridized carbons (Fsp3) is 0.929. The molecule has 0 aromatic rings. The molecule has 0 saturated heterocycles. The summed E-state index contributed by atoms with van der Waals surface area (Å²) in [6.07, 6.45) is 5.93. The molecule has 4 atom stereocenters. The highest BCUT2D eigenvalue weighted by atomic mass is 16.4. The molecule has 4 nitrogen and oxygen atoms in total. The molecule has 1 rings (SSSR count). The van der Waals surface area contributed by atoms with E-state index in [1.807, 2.05) is 0 Å². The highest BCUT2D eigenvalue weighted by Gasteiger charge is 2.54. The Labute approximate surface area is 117 Å². The average molecular weight is 268 g/mol. The van der Waals surface area contributed by atoms with Crippen LogP contribution in [0.2, 0.25) is 6.32 Å². The van der Waals surface area contributed by atoms with E-state index in [-0.39, 0.29) is 5.92 Å². The number of aliphatic carboxylic acids is 1. The summed E-state index contributed by atoms with van der Waals surface area (Å²) in [6, 6.07) is 0. The molecule has 0 spiro atoms. The fourth-order valence-corrected chi connectivity index (χ4v) is 3.81. The summed E-state index contributed by atoms with van der Waals surface area (Å²) < 4.78 is 0. The second-order valence-electron chi connectivity index (χ2n) is 5.89. The number of rotatable bonds is 8. The van der Waals surface area contributed by atoms with Crippen molar-refractivity contribution in [2.75, 3.05) is 0 Å². The summed E-state index contributed by atoms with van der Waals surface area (Å²) in [5, 5.41) is 18.3. The van der Waals surface area contributed by atoms with Crippen molar-refractivity contribution in [3.63, 3.8) is 0 Å². The van der Waals surface area contributed by atoms with Gasteiger partial charge in [0.05, 0.1) is 0 Å². The van der Waals surface area contributed by atoms with E-state index in [0.717, 1.165) is 39.6 Å². The molecule has 0 aromatic heterocycles. The van der Waals surface area contributed by atoms with Crippen LogP contribution in [0.15, 0.2) is 0 Å². The molecule has 0 aliphatic heterocycles. The number of carboxylic acid groups (broad SMARTS) is 1. The van der Waals surface area contributed by atoms with Crippen LogP contribution in [-0.4, -0.2) is 29.1 Å². The molecular formula is C14H27BNO3. The summed E-state index contributed by atoms with van der Waals surface area (Å²) in [5.41, 5.74) is 5.17. The van der Waals surface area contributed by atoms with Gasteiger partial charge >= 0.3 is 5.97 Å². The zero-order valence-corrected chi connectivity index (χ0v) is 12.1. The third-order valence-corrected chi connectivity index (χ3v) is 4.78. The lowest BCUT2D eigenvalue weighted by molar-refractivity contribution is -0.145. The Bertz CT molecular complexity index is 300. The number of carbonyl (C=O) groups is 1. The largest absolute Gasteiger partial charge is 0.480 e. The summed E-state index contributed by atoms with van der Waals surface area (Å²) >= 11 is 0. The second-order valence-corrected chi connectivity index (χ2v) is 5.89. The van der Waals surface area contributed by atoms with Crippen LogP contribution >= 0.6 is 0 Å². The van der Waals surface area contributed by atoms with Crippen LogP contribution in [0.4, 0.5) is 0 Å². The zero-order valence-electron chi connectivity index (χ0n) is 12.1. The lowest BCUT2D eigenvalue weighted by Crippen LogP contribution is -2.52. The first-order valence-corrected chi connectivity index (χ1v) is 7.49. The maximum Gasteiger partial charge on any atom is 0.323 e. The van der Waals surface area contributed by atoms with Gasteiger partial charge in [-0.25, -0.2) is 0 Å². The van der Waals surface area contributed by atoms with Gasteiger partial charge in [-0.15, -0.1) is 0 Å². The summed E-state index contributed by atoms with van der Waals surface area (Å²) in [6.45, 7) is 4.27. The highest BCUT2D eigenvalue weighted by Crippen LogP contribution is 2.49. The third-order valence-electron chi connectivity index (χ3n) is 4.78. The first-order chi connectivity index (χ1) is 9.01. The van der Waals surface area contributed by atoms with Crippen molar-refractivity contribution in [1.82, 2.24) is 0 Å². The van der Waals surface area contributed by atoms with Gasteiger partial charge in [0.2, 0.25) is 0 Å². The molecule has 5 heteroatoms. The first-order valence-electron chi connectivity index (χ1n) is 7.49. The van der Waals surface area contributed by atoms with Crippen molar-refractivity contribution in [2.45, 2.75) is 64.2 Å². The Balaban J connectivity index is 2.87. The normalized spacial score (nSPS) is 34.4. The maximum atomic E-state index is 11.6. The highest BCUT2D eigenvalue weighted by molar-refractivity contribution is 6.25. The Hall–Kier alpha value is -0.545. The molecule has 0 heterocycles. The molecule has 0 amide bonds. The Kier molecular flexibility index (Phi) is 6.34. The summed E-state index contributed by atoms with van der Waals surface area (Å²) in [5.74, 6) is 0.0105. The SMILES string of the molecule is CCCC1C(CC)CC(N)(C(=O)O)C1CCC[B]O. The molecule has 19 heavy (non-hydrogen) atoms. The molecule has 1 saturated carbocycles. The lowest BCUT2D eigenvalue weighted by atomic mass is 9.76. The smallest absolute Gasteiger partial charge is 0.323 e. The minimum absolute atomic E-state index is 0.0369. The van der Waals surface area contributed by atoms with Gasteiger partial charge in [0, 0.05) is 0 Å². The van der Waals surface area contributed by atoms with Gasteiger partial charge in [0.25, 0.3) is 7.48 Å². The Morgan fingerprint density at radius 2 is 2.11 bits per heavy atom. The number of hydrogen-bond donors (Lipinski definition) is 3. The van der Waals surface area contributed by atoms with Gasteiger partial charge in [-0.1, -0.05) is 45.9 Å². The maximum absolute atomic E-state index is 11.6. The van der Waals surface area contributed by atoms with Crippen molar-refractivity contribution in [3.05, 3.63) is 0 Å². The number of carboxylic acids is 1. The van der Waals surface area contributed by atoms with E-state index in [2.05, 4.69) is 13.8 Å². The van der Waals surface area contributed by atoms with Crippen molar-refractivity contribution < 1.29 is 14.9 Å². The standard InChI is InChI=1S/C14H27BNO3/c1-3-6-11-10(4-2)9-14(16,13(17)18)12(11)7-5-8-15-19/h10-12,19H,3-9,16H2,1-2H3,(H,17,18). The van der Waals surface area contributed by atoms with Crippen LogP contribution in [0.25, 0.3) is 0 Å². The van der Waals surface area contributed by atoms with Gasteiger partial charge in [-0.2, -0.15) is 0 Å². The van der Waals surface area contributed by atoms with Crippen LogP contribution in [0.3, 0.4) is 0 Å². The monoisotopic (exact) mass is 268 g/mol. The zero-order chi connectivity index (χ0) is 14.5. The van der Waals surface area contributed by atoms with E-state index in [4.69, 9.17) is 10.8 Å². The minimum Gasteiger partial charge on any atom is -0.480 e. The molecule has 0 bridgehead atoms. The molecule has 4 N–H and O–H groups in total. The number of hydrogen-bond acceptors (Lipinski definition) is 3. The second kappa shape index (κ2) is 7.29. The first kappa shape index (κ1) is 16.5. The molecule has 1 fully saturated rings. The van der Waals surface area contributed by atoms with E-state index in [9.17, 15) is 9.90 Å². The van der Waals surface area contributed by atoms with E-state index in [1.54, 1.807) is 0 Å². The summed E-state index contributed by atoms with van der Waals surface area (Å²) in [4.78, 5) is 11.6. The topological polar surface area (TPSA) is 83.6 Å². The van der Waals surface area contributed by atoms with Crippen LogP contribution in [0.5, 0.6) is 0 Å². The van der Waals surface area contributed by atoms with Crippen LogP contribution in [-0.2, 0) is 4.79 Å². The minimum atomic E-state index is -1.07. The summed E-state index contributed by atoms with van der Waals surface area (Å²) in [7, 11) is 1.15. The molecule has 1 radical (unpaired) electrons. The van der Waals surface area contributed by atoms with Gasteiger partial charge in [0.15, 0.2) is 0 Å². The average Bonchev–Trinajstić information content (AvgIpc) is 2.65. The quantitative estimate of drug-likeness (QED) is 0.464. The van der Waals surface area contributed by atoms with Gasteiger partial charge in [0.1, 0.15) is 5.54 Å². The Morgan fingerprint density at radius 3 is 2.58 bits per heavy atom. The molecule has 4 unspecified atom stereocenters. The van der Waals surface area contributed by atoms with Gasteiger partial charge in [-0.05, 0) is 30.6 Å². The van der Waals surface area contributed by atoms with E-state index < -0.39 is 11.5 Å². The van der Waals surface area contributed by atoms with E-state index in [0.29, 0.717) is 24.6 Å². The predicted molar refractivity (Wildman–Crippen MR) is 76.9 cm³/mol. The van der Waals surface area contributed by atoms with Gasteiger partial charge in [-0.3, -0.25) is 4.79 Å². The van der Waals surface area contributed by atoms with Crippen molar-refractivity contribution in [2.24, 2.45) is 23.5 Å². The predicted octanol–water partition coefficient (Wildman–Crippen LogP) is 2.04. The van der Waals surface area contributed by atoms with Crippen LogP contribution in [0.1, 0.15) is 52.4 Å². The van der Waals surface area contributed by atoms with E-state index >= 15 is 0 Å². The lowest BCUT2D eigenvalue weighted by Gasteiger charge is -2.30. The molecule has 1 aliphatic rings. The van der Waals surface area contributed by atoms with Crippen LogP contribution in [0, 0.1) is 17.8 Å². The number of nitrogens with two attached hydrogens (primary N) is 1. The van der Waals surface area contributed by atoms with Crippen molar-refractivity contribution in [1.29, 1.82) is 0 Å². The van der Waals surface area contributed by atoms with Crippen molar-refractivity contribution in [3.8, 4) is 0 Å². The van der Waals surface area contributed by atoms with Crippen molar-refractivity contribution >= 4 is 13.5 Å². The van der Waals surface area contributed by atoms with E-state index in [1.165, 1.54) is 0 Å². The molecular weight excluding hydrogens is 241 g/mol. The molecule has 1 aliphatic carbocycles.